The molecule has 1 aliphatic rings. The zero-order valence-electron chi connectivity index (χ0n) is 19.9. The van der Waals surface area contributed by atoms with E-state index in [2.05, 4.69) is 0 Å². The lowest BCUT2D eigenvalue weighted by Crippen LogP contribution is -2.61. The smallest absolute Gasteiger partial charge is 0.471 e. The van der Waals surface area contributed by atoms with Crippen LogP contribution in [0.25, 0.3) is 11.1 Å². The summed E-state index contributed by atoms with van der Waals surface area (Å²) in [5.41, 5.74) is 2.94. The van der Waals surface area contributed by atoms with E-state index in [9.17, 15) is 37.8 Å². The molecule has 0 fully saturated rings. The Morgan fingerprint density at radius 3 is 2.19 bits per heavy atom. The molecule has 1 aliphatic heterocycles. The molecule has 0 radical (unpaired) electrons. The van der Waals surface area contributed by atoms with Crippen molar-refractivity contribution >= 4 is 17.8 Å². The van der Waals surface area contributed by atoms with Crippen LogP contribution in [0.4, 0.5) is 13.2 Å². The fraction of sp³-hybridized carbons (Fsp3) is 0.346. The number of carbonyl (C=O) groups is 3. The summed E-state index contributed by atoms with van der Waals surface area (Å²) in [7, 11) is 0. The zero-order valence-corrected chi connectivity index (χ0v) is 19.9. The van der Waals surface area contributed by atoms with Gasteiger partial charge in [-0.15, -0.1) is 0 Å². The number of hydrogen-bond acceptors (Lipinski definition) is 5. The predicted molar refractivity (Wildman–Crippen MR) is 127 cm³/mol. The van der Waals surface area contributed by atoms with Crippen LogP contribution in [-0.4, -0.2) is 70.4 Å². The van der Waals surface area contributed by atoms with Crippen molar-refractivity contribution in [3.8, 4) is 11.1 Å². The molecule has 0 unspecified atom stereocenters. The second kappa shape index (κ2) is 11.9. The second-order valence-corrected chi connectivity index (χ2v) is 8.50. The number of hydrogen-bond donors (Lipinski definition) is 3. The number of nitrogens with one attached hydrogen (secondary N) is 1. The molecule has 0 bridgehead atoms. The van der Waals surface area contributed by atoms with Crippen LogP contribution in [0.5, 0.6) is 0 Å². The number of nitrogens with zero attached hydrogens (tertiary/aromatic N) is 1. The number of rotatable bonds is 9. The average molecular weight is 521 g/mol. The van der Waals surface area contributed by atoms with Crippen LogP contribution in [0.2, 0.25) is 0 Å². The molecule has 1 heterocycles. The van der Waals surface area contributed by atoms with Crippen LogP contribution in [0.3, 0.4) is 0 Å². The lowest BCUT2D eigenvalue weighted by atomic mass is 9.98. The highest BCUT2D eigenvalue weighted by Crippen LogP contribution is 2.24. The predicted octanol–water partition coefficient (Wildman–Crippen LogP) is 2.91. The first-order valence-corrected chi connectivity index (χ1v) is 11.6. The molecule has 3 rings (SSSR count). The monoisotopic (exact) mass is 520 g/mol. The van der Waals surface area contributed by atoms with Crippen LogP contribution in [0.1, 0.15) is 18.9 Å². The summed E-state index contributed by atoms with van der Waals surface area (Å²) < 4.78 is 43.7. The Hall–Kier alpha value is -3.86. The van der Waals surface area contributed by atoms with Crippen molar-refractivity contribution in [1.29, 1.82) is 0 Å². The number of halogens is 3. The molecule has 11 heteroatoms. The SMILES string of the molecule is CCCN(CCc1ccc(-c2ccccc2)cc1)C(=O)[C@@H]1OC(C(=O)O)=C[C@@H](O)[C@H]1NC(=O)C(F)(F)F. The molecule has 3 N–H and O–H groups in total. The first kappa shape index (κ1) is 27.7. The van der Waals surface area contributed by atoms with Gasteiger partial charge in [0.2, 0.25) is 5.76 Å². The minimum Gasteiger partial charge on any atom is -0.475 e. The van der Waals surface area contributed by atoms with Crippen molar-refractivity contribution in [3.05, 3.63) is 72.0 Å². The van der Waals surface area contributed by atoms with E-state index in [1.54, 1.807) is 12.2 Å². The summed E-state index contributed by atoms with van der Waals surface area (Å²) in [5, 5.41) is 21.1. The number of alkyl halides is 3. The maximum absolute atomic E-state index is 13.3. The van der Waals surface area contributed by atoms with Gasteiger partial charge in [-0.1, -0.05) is 61.5 Å². The molecule has 0 saturated carbocycles. The molecule has 198 valence electrons. The lowest BCUT2D eigenvalue weighted by Gasteiger charge is -2.36. The Bertz CT molecular complexity index is 1140. The van der Waals surface area contributed by atoms with Gasteiger partial charge in [0.15, 0.2) is 6.10 Å². The summed E-state index contributed by atoms with van der Waals surface area (Å²) >= 11 is 0. The highest BCUT2D eigenvalue weighted by atomic mass is 19.4. The molecule has 2 amide bonds. The fourth-order valence-corrected chi connectivity index (χ4v) is 3.95. The Balaban J connectivity index is 1.77. The summed E-state index contributed by atoms with van der Waals surface area (Å²) in [4.78, 5) is 37.6. The summed E-state index contributed by atoms with van der Waals surface area (Å²) in [5.74, 6) is -5.64. The van der Waals surface area contributed by atoms with Crippen LogP contribution < -0.4 is 5.32 Å². The second-order valence-electron chi connectivity index (χ2n) is 8.50. The molecule has 0 saturated heterocycles. The van der Waals surface area contributed by atoms with Gasteiger partial charge in [0.25, 0.3) is 5.91 Å². The molecular formula is C26H27F3N2O6. The van der Waals surface area contributed by atoms with Gasteiger partial charge in [0.1, 0.15) is 12.1 Å². The molecular weight excluding hydrogens is 493 g/mol. The van der Waals surface area contributed by atoms with E-state index >= 15 is 0 Å². The van der Waals surface area contributed by atoms with Gasteiger partial charge in [-0.05, 0) is 35.6 Å². The first-order valence-electron chi connectivity index (χ1n) is 11.6. The molecule has 0 spiro atoms. The van der Waals surface area contributed by atoms with Gasteiger partial charge in [-0.2, -0.15) is 13.2 Å². The van der Waals surface area contributed by atoms with E-state index in [4.69, 9.17) is 4.74 Å². The van der Waals surface area contributed by atoms with Gasteiger partial charge >= 0.3 is 18.1 Å². The summed E-state index contributed by atoms with van der Waals surface area (Å²) in [6, 6.07) is 15.5. The minimum absolute atomic E-state index is 0.152. The Labute approximate surface area is 211 Å². The number of carbonyl (C=O) groups excluding carboxylic acids is 2. The van der Waals surface area contributed by atoms with Crippen molar-refractivity contribution in [2.75, 3.05) is 13.1 Å². The number of carboxylic acids is 1. The normalized spacial score (nSPS) is 19.4. The number of carboxylic acid groups (broad SMARTS) is 1. The largest absolute Gasteiger partial charge is 0.475 e. The third-order valence-electron chi connectivity index (χ3n) is 5.82. The molecule has 3 atom stereocenters. The highest BCUT2D eigenvalue weighted by Gasteiger charge is 2.47. The number of aliphatic hydroxyl groups is 1. The minimum atomic E-state index is -5.28. The quantitative estimate of drug-likeness (QED) is 0.468. The van der Waals surface area contributed by atoms with Crippen molar-refractivity contribution in [2.45, 2.75) is 44.2 Å². The van der Waals surface area contributed by atoms with E-state index in [-0.39, 0.29) is 13.1 Å². The van der Waals surface area contributed by atoms with Crippen LogP contribution >= 0.6 is 0 Å². The standard InChI is InChI=1S/C26H27F3N2O6/c1-2-13-31(14-12-16-8-10-18(11-9-16)17-6-4-3-5-7-17)23(33)22-21(30-25(36)26(27,28)29)19(32)15-20(37-22)24(34)35/h3-11,15,19,21-22,32H,2,12-14H2,1H3,(H,30,36)(H,34,35)/t19-,21-,22-/m1/s1. The number of benzene rings is 2. The van der Waals surface area contributed by atoms with Crippen LogP contribution in [0, 0.1) is 0 Å². The van der Waals surface area contributed by atoms with Gasteiger partial charge in [-0.25, -0.2) is 4.79 Å². The maximum Gasteiger partial charge on any atom is 0.471 e. The third kappa shape index (κ3) is 7.10. The van der Waals surface area contributed by atoms with Crippen molar-refractivity contribution in [3.63, 3.8) is 0 Å². The van der Waals surface area contributed by atoms with Crippen molar-refractivity contribution < 1.29 is 42.5 Å². The van der Waals surface area contributed by atoms with E-state index < -0.39 is 48.0 Å². The Morgan fingerprint density at radius 2 is 1.62 bits per heavy atom. The summed E-state index contributed by atoms with van der Waals surface area (Å²) in [6.45, 7) is 2.14. The van der Waals surface area contributed by atoms with Gasteiger partial charge in [0.05, 0.1) is 0 Å². The van der Waals surface area contributed by atoms with Gasteiger partial charge in [0, 0.05) is 13.1 Å². The Kier molecular flexibility index (Phi) is 8.93. The van der Waals surface area contributed by atoms with Crippen molar-refractivity contribution in [2.24, 2.45) is 0 Å². The number of amides is 2. The van der Waals surface area contributed by atoms with Gasteiger partial charge < -0.3 is 25.2 Å². The van der Waals surface area contributed by atoms with E-state index in [1.807, 2.05) is 54.6 Å². The average Bonchev–Trinajstić information content (AvgIpc) is 2.87. The van der Waals surface area contributed by atoms with Crippen LogP contribution in [0.15, 0.2) is 66.4 Å². The van der Waals surface area contributed by atoms with Crippen molar-refractivity contribution in [1.82, 2.24) is 10.2 Å². The molecule has 0 aromatic heterocycles. The lowest BCUT2D eigenvalue weighted by molar-refractivity contribution is -0.177. The Morgan fingerprint density at radius 1 is 1.00 bits per heavy atom. The van der Waals surface area contributed by atoms with Crippen LogP contribution in [-0.2, 0) is 25.5 Å². The molecule has 37 heavy (non-hydrogen) atoms. The van der Waals surface area contributed by atoms with E-state index in [1.165, 1.54) is 4.90 Å². The number of ether oxygens (including phenoxy) is 1. The number of aliphatic carboxylic acids is 1. The van der Waals surface area contributed by atoms with E-state index in [0.717, 1.165) is 16.7 Å². The highest BCUT2D eigenvalue weighted by molar-refractivity contribution is 5.89. The van der Waals surface area contributed by atoms with Gasteiger partial charge in [-0.3, -0.25) is 9.59 Å². The fourth-order valence-electron chi connectivity index (χ4n) is 3.95. The zero-order chi connectivity index (χ0) is 27.2. The molecule has 8 nitrogen and oxygen atoms in total. The molecule has 2 aromatic rings. The first-order chi connectivity index (χ1) is 17.5. The summed E-state index contributed by atoms with van der Waals surface area (Å²) in [6.07, 6.45) is -7.50. The topological polar surface area (TPSA) is 116 Å². The third-order valence-corrected chi connectivity index (χ3v) is 5.82. The molecule has 2 aromatic carbocycles. The van der Waals surface area contributed by atoms with E-state index in [0.29, 0.717) is 18.9 Å². The number of aliphatic hydroxyl groups excluding tert-OH is 1. The maximum atomic E-state index is 13.3. The molecule has 0 aliphatic carbocycles.